The standard InChI is InChI=1S/C13H16FN3O/c1-3-13(2,15)12-16-11(17-18-12)8-9-6-4-5-7-10(9)14/h4-7H,3,8,15H2,1-2H3. The molecule has 0 spiro atoms. The minimum absolute atomic E-state index is 0.269. The Bertz CT molecular complexity index is 537. The van der Waals surface area contributed by atoms with Crippen molar-refractivity contribution >= 4 is 0 Å². The zero-order valence-corrected chi connectivity index (χ0v) is 10.5. The van der Waals surface area contributed by atoms with Gasteiger partial charge >= 0.3 is 0 Å². The molecule has 0 aliphatic carbocycles. The van der Waals surface area contributed by atoms with Crippen molar-refractivity contribution in [2.24, 2.45) is 5.73 Å². The van der Waals surface area contributed by atoms with E-state index >= 15 is 0 Å². The summed E-state index contributed by atoms with van der Waals surface area (Å²) < 4.78 is 18.6. The number of nitrogens with zero attached hydrogens (tertiary/aromatic N) is 2. The third kappa shape index (κ3) is 2.56. The zero-order valence-electron chi connectivity index (χ0n) is 10.5. The first-order valence-corrected chi connectivity index (χ1v) is 5.88. The van der Waals surface area contributed by atoms with E-state index < -0.39 is 5.54 Å². The van der Waals surface area contributed by atoms with Crippen molar-refractivity contribution in [3.8, 4) is 0 Å². The van der Waals surface area contributed by atoms with Crippen LogP contribution in [0.4, 0.5) is 4.39 Å². The lowest BCUT2D eigenvalue weighted by atomic mass is 10.0. The Morgan fingerprint density at radius 2 is 2.11 bits per heavy atom. The molecule has 0 bridgehead atoms. The Morgan fingerprint density at radius 3 is 2.78 bits per heavy atom. The van der Waals surface area contributed by atoms with Crippen LogP contribution in [0.25, 0.3) is 0 Å². The molecule has 5 heteroatoms. The third-order valence-electron chi connectivity index (χ3n) is 3.00. The number of benzene rings is 1. The summed E-state index contributed by atoms with van der Waals surface area (Å²) in [5.74, 6) is 0.561. The number of hydrogen-bond acceptors (Lipinski definition) is 4. The maximum absolute atomic E-state index is 13.5. The van der Waals surface area contributed by atoms with Crippen molar-refractivity contribution in [2.45, 2.75) is 32.2 Å². The lowest BCUT2D eigenvalue weighted by Gasteiger charge is -2.16. The molecular weight excluding hydrogens is 233 g/mol. The molecule has 0 saturated carbocycles. The fourth-order valence-electron chi connectivity index (χ4n) is 1.52. The van der Waals surface area contributed by atoms with E-state index in [1.54, 1.807) is 18.2 Å². The number of aromatic nitrogens is 2. The SMILES string of the molecule is CCC(C)(N)c1nc(Cc2ccccc2F)no1. The van der Waals surface area contributed by atoms with Gasteiger partial charge < -0.3 is 10.3 Å². The van der Waals surface area contributed by atoms with Crippen LogP contribution >= 0.6 is 0 Å². The maximum Gasteiger partial charge on any atom is 0.246 e. The third-order valence-corrected chi connectivity index (χ3v) is 3.00. The van der Waals surface area contributed by atoms with Gasteiger partial charge in [-0.3, -0.25) is 0 Å². The Morgan fingerprint density at radius 1 is 1.39 bits per heavy atom. The molecular formula is C13H16FN3O. The molecule has 1 aromatic carbocycles. The van der Waals surface area contributed by atoms with E-state index in [1.165, 1.54) is 6.07 Å². The van der Waals surface area contributed by atoms with Crippen LogP contribution in [0.1, 0.15) is 37.5 Å². The Kier molecular flexibility index (Phi) is 3.43. The zero-order chi connectivity index (χ0) is 13.2. The average Bonchev–Trinajstić information content (AvgIpc) is 2.81. The summed E-state index contributed by atoms with van der Waals surface area (Å²) in [6.07, 6.45) is 0.990. The molecule has 18 heavy (non-hydrogen) atoms. The van der Waals surface area contributed by atoms with Gasteiger partial charge in [0.2, 0.25) is 5.89 Å². The maximum atomic E-state index is 13.5. The van der Waals surface area contributed by atoms with Gasteiger partial charge in [0.05, 0.1) is 5.54 Å². The van der Waals surface area contributed by atoms with E-state index in [-0.39, 0.29) is 5.82 Å². The molecule has 0 aliphatic heterocycles. The average molecular weight is 249 g/mol. The smallest absolute Gasteiger partial charge is 0.246 e. The molecule has 96 valence electrons. The topological polar surface area (TPSA) is 64.9 Å². The van der Waals surface area contributed by atoms with Gasteiger partial charge in [0.15, 0.2) is 5.82 Å². The highest BCUT2D eigenvalue weighted by Crippen LogP contribution is 2.20. The van der Waals surface area contributed by atoms with Crippen molar-refractivity contribution in [3.63, 3.8) is 0 Å². The lowest BCUT2D eigenvalue weighted by Crippen LogP contribution is -2.32. The summed E-state index contributed by atoms with van der Waals surface area (Å²) in [6.45, 7) is 3.77. The van der Waals surface area contributed by atoms with Crippen LogP contribution < -0.4 is 5.73 Å². The molecule has 1 heterocycles. The van der Waals surface area contributed by atoms with Gasteiger partial charge in [0, 0.05) is 6.42 Å². The van der Waals surface area contributed by atoms with Crippen LogP contribution in [0.3, 0.4) is 0 Å². The summed E-state index contributed by atoms with van der Waals surface area (Å²) in [4.78, 5) is 4.22. The first-order valence-electron chi connectivity index (χ1n) is 5.88. The minimum Gasteiger partial charge on any atom is -0.337 e. The number of rotatable bonds is 4. The molecule has 1 atom stereocenters. The highest BCUT2D eigenvalue weighted by atomic mass is 19.1. The van der Waals surface area contributed by atoms with Crippen LogP contribution in [0, 0.1) is 5.82 Å². The Labute approximate surface area is 105 Å². The van der Waals surface area contributed by atoms with Crippen molar-refractivity contribution in [3.05, 3.63) is 47.4 Å². The van der Waals surface area contributed by atoms with Crippen molar-refractivity contribution in [1.82, 2.24) is 10.1 Å². The molecule has 4 nitrogen and oxygen atoms in total. The molecule has 2 rings (SSSR count). The van der Waals surface area contributed by atoms with Gasteiger partial charge in [-0.2, -0.15) is 4.98 Å². The van der Waals surface area contributed by atoms with Crippen LogP contribution in [0.15, 0.2) is 28.8 Å². The van der Waals surface area contributed by atoms with Crippen LogP contribution in [-0.2, 0) is 12.0 Å². The van der Waals surface area contributed by atoms with Gasteiger partial charge in [-0.1, -0.05) is 30.3 Å². The van der Waals surface area contributed by atoms with E-state index in [1.807, 2.05) is 13.8 Å². The summed E-state index contributed by atoms with van der Waals surface area (Å²) in [5.41, 5.74) is 5.91. The quantitative estimate of drug-likeness (QED) is 0.903. The van der Waals surface area contributed by atoms with Crippen molar-refractivity contribution in [2.75, 3.05) is 0 Å². The normalized spacial score (nSPS) is 14.4. The monoisotopic (exact) mass is 249 g/mol. The molecule has 2 N–H and O–H groups in total. The van der Waals surface area contributed by atoms with Crippen molar-refractivity contribution in [1.29, 1.82) is 0 Å². The Balaban J connectivity index is 2.20. The molecule has 0 radical (unpaired) electrons. The molecule has 0 fully saturated rings. The van der Waals surface area contributed by atoms with Crippen molar-refractivity contribution < 1.29 is 8.91 Å². The second kappa shape index (κ2) is 4.86. The van der Waals surface area contributed by atoms with Gasteiger partial charge in [-0.15, -0.1) is 0 Å². The van der Waals surface area contributed by atoms with E-state index in [0.29, 0.717) is 30.1 Å². The molecule has 1 aromatic heterocycles. The van der Waals surface area contributed by atoms with Gasteiger partial charge in [-0.05, 0) is 25.0 Å². The van der Waals surface area contributed by atoms with Gasteiger partial charge in [-0.25, -0.2) is 4.39 Å². The van der Waals surface area contributed by atoms with E-state index in [0.717, 1.165) is 0 Å². The highest BCUT2D eigenvalue weighted by molar-refractivity contribution is 5.20. The molecule has 2 aromatic rings. The number of hydrogen-bond donors (Lipinski definition) is 1. The summed E-state index contributed by atoms with van der Waals surface area (Å²) in [6, 6.07) is 6.54. The van der Waals surface area contributed by atoms with E-state index in [4.69, 9.17) is 10.3 Å². The van der Waals surface area contributed by atoms with E-state index in [2.05, 4.69) is 10.1 Å². The summed E-state index contributed by atoms with van der Waals surface area (Å²) in [7, 11) is 0. The molecule has 0 amide bonds. The Hall–Kier alpha value is -1.75. The van der Waals surface area contributed by atoms with Gasteiger partial charge in [0.25, 0.3) is 0 Å². The molecule has 0 saturated heterocycles. The van der Waals surface area contributed by atoms with Crippen LogP contribution in [0.2, 0.25) is 0 Å². The van der Waals surface area contributed by atoms with Crippen LogP contribution in [-0.4, -0.2) is 10.1 Å². The van der Waals surface area contributed by atoms with Crippen LogP contribution in [0.5, 0.6) is 0 Å². The lowest BCUT2D eigenvalue weighted by molar-refractivity contribution is 0.290. The fraction of sp³-hybridized carbons (Fsp3) is 0.385. The summed E-state index contributed by atoms with van der Waals surface area (Å²) >= 11 is 0. The largest absolute Gasteiger partial charge is 0.337 e. The number of halogens is 1. The number of nitrogens with two attached hydrogens (primary N) is 1. The predicted octanol–water partition coefficient (Wildman–Crippen LogP) is 2.38. The van der Waals surface area contributed by atoms with E-state index in [9.17, 15) is 4.39 Å². The summed E-state index contributed by atoms with van der Waals surface area (Å²) in [5, 5.41) is 3.83. The first kappa shape index (κ1) is 12.7. The second-order valence-electron chi connectivity index (χ2n) is 4.55. The fourth-order valence-corrected chi connectivity index (χ4v) is 1.52. The highest BCUT2D eigenvalue weighted by Gasteiger charge is 2.26. The second-order valence-corrected chi connectivity index (χ2v) is 4.55. The van der Waals surface area contributed by atoms with Gasteiger partial charge in [0.1, 0.15) is 5.82 Å². The molecule has 1 unspecified atom stereocenters. The minimum atomic E-state index is -0.638. The first-order chi connectivity index (χ1) is 8.53. The molecule has 0 aliphatic rings. The predicted molar refractivity (Wildman–Crippen MR) is 65.3 cm³/mol.